The predicted octanol–water partition coefficient (Wildman–Crippen LogP) is 3.10. The van der Waals surface area contributed by atoms with Crippen molar-refractivity contribution in [3.8, 4) is 0 Å². The van der Waals surface area contributed by atoms with E-state index in [2.05, 4.69) is 11.4 Å². The highest BCUT2D eigenvalue weighted by molar-refractivity contribution is 5.92. The highest BCUT2D eigenvalue weighted by Crippen LogP contribution is 2.20. The minimum atomic E-state index is 0.0583. The number of carbonyl (C=O) groups excluding carboxylic acids is 1. The van der Waals surface area contributed by atoms with E-state index in [0.29, 0.717) is 12.1 Å². The first kappa shape index (κ1) is 11.7. The fourth-order valence-electron chi connectivity index (χ4n) is 2.04. The van der Waals surface area contributed by atoms with Crippen LogP contribution in [0.3, 0.4) is 0 Å². The van der Waals surface area contributed by atoms with E-state index in [9.17, 15) is 4.79 Å². The van der Waals surface area contributed by atoms with E-state index in [1.165, 1.54) is 18.4 Å². The second-order valence-electron chi connectivity index (χ2n) is 4.46. The zero-order chi connectivity index (χ0) is 12.1. The number of amides is 1. The summed E-state index contributed by atoms with van der Waals surface area (Å²) < 4.78 is 0. The van der Waals surface area contributed by atoms with Gasteiger partial charge in [-0.05, 0) is 49.9 Å². The lowest BCUT2D eigenvalue weighted by Crippen LogP contribution is -2.13. The van der Waals surface area contributed by atoms with Crippen LogP contribution in [0.4, 0.5) is 11.4 Å². The summed E-state index contributed by atoms with van der Waals surface area (Å²) in [6.07, 6.45) is 7.36. The molecule has 1 aliphatic carbocycles. The summed E-state index contributed by atoms with van der Waals surface area (Å²) in [6.45, 7) is 0. The van der Waals surface area contributed by atoms with Crippen LogP contribution in [0.25, 0.3) is 0 Å². The molecule has 2 rings (SSSR count). The van der Waals surface area contributed by atoms with Crippen molar-refractivity contribution in [1.82, 2.24) is 0 Å². The highest BCUT2D eigenvalue weighted by Gasteiger charge is 2.09. The van der Waals surface area contributed by atoms with Gasteiger partial charge in [0.25, 0.3) is 0 Å². The zero-order valence-electron chi connectivity index (χ0n) is 9.91. The average molecular weight is 230 g/mol. The Hall–Kier alpha value is -1.77. The normalized spacial score (nSPS) is 15.2. The van der Waals surface area contributed by atoms with Crippen LogP contribution >= 0.6 is 0 Å². The smallest absolute Gasteiger partial charge is 0.228 e. The summed E-state index contributed by atoms with van der Waals surface area (Å²) >= 11 is 0. The van der Waals surface area contributed by atoms with E-state index < -0.39 is 0 Å². The molecule has 3 heteroatoms. The van der Waals surface area contributed by atoms with Gasteiger partial charge >= 0.3 is 0 Å². The Labute approximate surface area is 102 Å². The van der Waals surface area contributed by atoms with Gasteiger partial charge in [0.15, 0.2) is 0 Å². The van der Waals surface area contributed by atoms with Crippen molar-refractivity contribution in [2.75, 3.05) is 11.1 Å². The van der Waals surface area contributed by atoms with Crippen molar-refractivity contribution >= 4 is 17.3 Å². The van der Waals surface area contributed by atoms with Crippen LogP contribution < -0.4 is 11.1 Å². The third-order valence-corrected chi connectivity index (χ3v) is 2.97. The molecule has 1 aromatic rings. The van der Waals surface area contributed by atoms with Gasteiger partial charge in [-0.15, -0.1) is 0 Å². The molecule has 0 unspecified atom stereocenters. The lowest BCUT2D eigenvalue weighted by Gasteiger charge is -2.12. The van der Waals surface area contributed by atoms with Gasteiger partial charge in [-0.25, -0.2) is 0 Å². The molecule has 1 aliphatic rings. The lowest BCUT2D eigenvalue weighted by atomic mass is 9.97. The molecule has 0 spiro atoms. The molecule has 1 amide bonds. The SMILES string of the molecule is Nc1ccc(NC(=O)CC2=CCCCC2)cc1. The molecule has 90 valence electrons. The lowest BCUT2D eigenvalue weighted by molar-refractivity contribution is -0.115. The van der Waals surface area contributed by atoms with Crippen LogP contribution in [0.1, 0.15) is 32.1 Å². The van der Waals surface area contributed by atoms with E-state index in [4.69, 9.17) is 5.73 Å². The van der Waals surface area contributed by atoms with Gasteiger partial charge in [0.2, 0.25) is 5.91 Å². The van der Waals surface area contributed by atoms with E-state index in [1.54, 1.807) is 12.1 Å². The number of benzene rings is 1. The van der Waals surface area contributed by atoms with Gasteiger partial charge in [-0.3, -0.25) is 4.79 Å². The molecular weight excluding hydrogens is 212 g/mol. The molecule has 0 fully saturated rings. The average Bonchev–Trinajstić information content (AvgIpc) is 2.33. The number of hydrogen-bond donors (Lipinski definition) is 2. The van der Waals surface area contributed by atoms with Gasteiger partial charge < -0.3 is 11.1 Å². The summed E-state index contributed by atoms with van der Waals surface area (Å²) in [5.41, 5.74) is 8.37. The Morgan fingerprint density at radius 1 is 1.24 bits per heavy atom. The number of nitrogen functional groups attached to an aromatic ring is 1. The predicted molar refractivity (Wildman–Crippen MR) is 70.7 cm³/mol. The van der Waals surface area contributed by atoms with Crippen LogP contribution in [-0.4, -0.2) is 5.91 Å². The van der Waals surface area contributed by atoms with E-state index in [1.807, 2.05) is 12.1 Å². The molecule has 0 aromatic heterocycles. The summed E-state index contributed by atoms with van der Waals surface area (Å²) in [7, 11) is 0. The molecular formula is C14H18N2O. The van der Waals surface area contributed by atoms with Gasteiger partial charge in [-0.1, -0.05) is 11.6 Å². The van der Waals surface area contributed by atoms with E-state index in [0.717, 1.165) is 18.5 Å². The zero-order valence-corrected chi connectivity index (χ0v) is 9.91. The number of nitrogens with one attached hydrogen (secondary N) is 1. The summed E-state index contributed by atoms with van der Waals surface area (Å²) in [4.78, 5) is 11.8. The minimum Gasteiger partial charge on any atom is -0.399 e. The fraction of sp³-hybridized carbons (Fsp3) is 0.357. The van der Waals surface area contributed by atoms with Gasteiger partial charge in [0, 0.05) is 17.8 Å². The van der Waals surface area contributed by atoms with Gasteiger partial charge in [0.1, 0.15) is 0 Å². The molecule has 0 heterocycles. The van der Waals surface area contributed by atoms with Gasteiger partial charge in [0.05, 0.1) is 0 Å². The summed E-state index contributed by atoms with van der Waals surface area (Å²) in [5, 5.41) is 2.88. The van der Waals surface area contributed by atoms with E-state index in [-0.39, 0.29) is 5.91 Å². The van der Waals surface area contributed by atoms with Crippen molar-refractivity contribution in [2.24, 2.45) is 0 Å². The second kappa shape index (κ2) is 5.53. The van der Waals surface area contributed by atoms with E-state index >= 15 is 0 Å². The van der Waals surface area contributed by atoms with Crippen LogP contribution in [0.5, 0.6) is 0 Å². The quantitative estimate of drug-likeness (QED) is 0.619. The summed E-state index contributed by atoms with van der Waals surface area (Å²) in [5.74, 6) is 0.0583. The molecule has 3 N–H and O–H groups in total. The highest BCUT2D eigenvalue weighted by atomic mass is 16.1. The minimum absolute atomic E-state index is 0.0583. The Morgan fingerprint density at radius 3 is 2.65 bits per heavy atom. The molecule has 0 radical (unpaired) electrons. The Kier molecular flexibility index (Phi) is 3.81. The number of rotatable bonds is 3. The Bertz CT molecular complexity index is 420. The Balaban J connectivity index is 1.88. The topological polar surface area (TPSA) is 55.1 Å². The maximum Gasteiger partial charge on any atom is 0.228 e. The molecule has 0 atom stereocenters. The maximum absolute atomic E-state index is 11.8. The van der Waals surface area contributed by atoms with Crippen molar-refractivity contribution in [2.45, 2.75) is 32.1 Å². The number of nitrogens with two attached hydrogens (primary N) is 1. The third kappa shape index (κ3) is 3.63. The van der Waals surface area contributed by atoms with Crippen LogP contribution in [0.15, 0.2) is 35.9 Å². The number of allylic oxidation sites excluding steroid dienone is 1. The molecule has 0 bridgehead atoms. The van der Waals surface area contributed by atoms with Crippen molar-refractivity contribution in [1.29, 1.82) is 0 Å². The molecule has 3 nitrogen and oxygen atoms in total. The van der Waals surface area contributed by atoms with Crippen molar-refractivity contribution in [3.05, 3.63) is 35.9 Å². The molecule has 0 aliphatic heterocycles. The van der Waals surface area contributed by atoms with Crippen LogP contribution in [-0.2, 0) is 4.79 Å². The molecule has 1 aromatic carbocycles. The van der Waals surface area contributed by atoms with Crippen LogP contribution in [0, 0.1) is 0 Å². The standard InChI is InChI=1S/C14H18N2O/c15-12-6-8-13(9-7-12)16-14(17)10-11-4-2-1-3-5-11/h4,6-9H,1-3,5,10,15H2,(H,16,17). The maximum atomic E-state index is 11.8. The largest absolute Gasteiger partial charge is 0.399 e. The van der Waals surface area contributed by atoms with Crippen LogP contribution in [0.2, 0.25) is 0 Å². The first-order valence-electron chi connectivity index (χ1n) is 6.07. The fourth-order valence-corrected chi connectivity index (χ4v) is 2.04. The number of hydrogen-bond acceptors (Lipinski definition) is 2. The molecule has 0 saturated heterocycles. The van der Waals surface area contributed by atoms with Gasteiger partial charge in [-0.2, -0.15) is 0 Å². The monoisotopic (exact) mass is 230 g/mol. The summed E-state index contributed by atoms with van der Waals surface area (Å²) in [6, 6.07) is 7.22. The Morgan fingerprint density at radius 2 is 2.00 bits per heavy atom. The van der Waals surface area contributed by atoms with Crippen molar-refractivity contribution in [3.63, 3.8) is 0 Å². The first-order valence-corrected chi connectivity index (χ1v) is 6.07. The first-order chi connectivity index (χ1) is 8.24. The molecule has 17 heavy (non-hydrogen) atoms. The number of carbonyl (C=O) groups is 1. The second-order valence-corrected chi connectivity index (χ2v) is 4.46. The third-order valence-electron chi connectivity index (χ3n) is 2.97. The number of anilines is 2. The van der Waals surface area contributed by atoms with Crippen molar-refractivity contribution < 1.29 is 4.79 Å². The molecule has 0 saturated carbocycles.